The fourth-order valence-corrected chi connectivity index (χ4v) is 6.06. The van der Waals surface area contributed by atoms with Crippen LogP contribution in [0.1, 0.15) is 37.5 Å². The van der Waals surface area contributed by atoms with Crippen molar-refractivity contribution in [2.24, 2.45) is 11.8 Å². The molecule has 0 aliphatic heterocycles. The van der Waals surface area contributed by atoms with E-state index in [1.807, 2.05) is 6.92 Å². The summed E-state index contributed by atoms with van der Waals surface area (Å²) in [6.07, 6.45) is 4.71. The summed E-state index contributed by atoms with van der Waals surface area (Å²) >= 11 is 1.51. The van der Waals surface area contributed by atoms with Gasteiger partial charge in [0, 0.05) is 22.8 Å². The number of hydrogen-bond donors (Lipinski definition) is 2. The van der Waals surface area contributed by atoms with Crippen LogP contribution in [-0.2, 0) is 16.6 Å². The molecule has 2 N–H and O–H groups in total. The number of rotatable bonds is 6. The second kappa shape index (κ2) is 5.75. The van der Waals surface area contributed by atoms with Gasteiger partial charge in [-0.05, 0) is 43.7 Å². The van der Waals surface area contributed by atoms with Crippen molar-refractivity contribution in [3.63, 3.8) is 0 Å². The van der Waals surface area contributed by atoms with Crippen molar-refractivity contribution in [1.82, 2.24) is 10.0 Å². The second-order valence-corrected chi connectivity index (χ2v) is 8.64. The van der Waals surface area contributed by atoms with Crippen molar-refractivity contribution in [1.29, 1.82) is 0 Å². The Morgan fingerprint density at radius 1 is 1.35 bits per heavy atom. The van der Waals surface area contributed by atoms with Crippen LogP contribution in [0.25, 0.3) is 0 Å². The Morgan fingerprint density at radius 3 is 2.85 bits per heavy atom. The highest BCUT2D eigenvalue weighted by molar-refractivity contribution is 7.89. The first-order valence-corrected chi connectivity index (χ1v) is 9.75. The first kappa shape index (κ1) is 14.5. The van der Waals surface area contributed by atoms with Crippen molar-refractivity contribution >= 4 is 21.4 Å². The van der Waals surface area contributed by atoms with E-state index < -0.39 is 10.0 Å². The zero-order valence-corrected chi connectivity index (χ0v) is 13.4. The molecule has 3 atom stereocenters. The smallest absolute Gasteiger partial charge is 0.241 e. The molecular formula is C14H22N2O2S2. The van der Waals surface area contributed by atoms with Gasteiger partial charge in [0.1, 0.15) is 0 Å². The third-order valence-electron chi connectivity index (χ3n) is 4.53. The van der Waals surface area contributed by atoms with E-state index in [0.29, 0.717) is 10.8 Å². The number of fused-ring (bicyclic) bond motifs is 2. The van der Waals surface area contributed by atoms with Crippen LogP contribution >= 0.6 is 11.3 Å². The summed E-state index contributed by atoms with van der Waals surface area (Å²) in [6, 6.07) is 1.96. The number of thiophene rings is 1. The van der Waals surface area contributed by atoms with Gasteiger partial charge in [-0.3, -0.25) is 0 Å². The van der Waals surface area contributed by atoms with Crippen LogP contribution in [0.5, 0.6) is 0 Å². The lowest BCUT2D eigenvalue weighted by Gasteiger charge is -2.22. The van der Waals surface area contributed by atoms with Crippen molar-refractivity contribution in [3.8, 4) is 0 Å². The maximum atomic E-state index is 12.4. The fourth-order valence-electron chi connectivity index (χ4n) is 3.50. The Morgan fingerprint density at radius 2 is 2.20 bits per heavy atom. The molecule has 2 aliphatic rings. The Balaban J connectivity index is 1.67. The standard InChI is InChI=1S/C14H22N2O2S2/c1-2-15-8-12-7-13(9-19-12)20(17,18)16-14-6-10-3-4-11(14)5-10/h7,9-11,14-16H,2-6,8H2,1H3. The summed E-state index contributed by atoms with van der Waals surface area (Å²) in [5.41, 5.74) is 0. The molecule has 2 bridgehead atoms. The third kappa shape index (κ3) is 2.93. The minimum Gasteiger partial charge on any atom is -0.312 e. The van der Waals surface area contributed by atoms with E-state index in [-0.39, 0.29) is 6.04 Å². The summed E-state index contributed by atoms with van der Waals surface area (Å²) in [5.74, 6) is 1.31. The molecule has 0 spiro atoms. The molecule has 112 valence electrons. The van der Waals surface area contributed by atoms with E-state index in [9.17, 15) is 8.42 Å². The SMILES string of the molecule is CCNCc1cc(S(=O)(=O)NC2CC3CCC2C3)cs1. The highest BCUT2D eigenvalue weighted by atomic mass is 32.2. The summed E-state index contributed by atoms with van der Waals surface area (Å²) in [7, 11) is -3.34. The predicted molar refractivity (Wildman–Crippen MR) is 81.3 cm³/mol. The average molecular weight is 314 g/mol. The molecule has 20 heavy (non-hydrogen) atoms. The molecule has 0 radical (unpaired) electrons. The molecule has 4 nitrogen and oxygen atoms in total. The van der Waals surface area contributed by atoms with E-state index in [0.717, 1.165) is 30.3 Å². The van der Waals surface area contributed by atoms with E-state index >= 15 is 0 Å². The van der Waals surface area contributed by atoms with Gasteiger partial charge in [-0.1, -0.05) is 13.3 Å². The second-order valence-electron chi connectivity index (χ2n) is 5.93. The fraction of sp³-hybridized carbons (Fsp3) is 0.714. The normalized spacial score (nSPS) is 29.1. The number of hydrogen-bond acceptors (Lipinski definition) is 4. The van der Waals surface area contributed by atoms with E-state index in [1.165, 1.54) is 30.6 Å². The molecule has 6 heteroatoms. The Kier molecular flexibility index (Phi) is 4.17. The highest BCUT2D eigenvalue weighted by Gasteiger charge is 2.41. The van der Waals surface area contributed by atoms with Crippen molar-refractivity contribution in [3.05, 3.63) is 16.3 Å². The predicted octanol–water partition coefficient (Wildman–Crippen LogP) is 2.32. The van der Waals surface area contributed by atoms with E-state index in [4.69, 9.17) is 0 Å². The maximum absolute atomic E-state index is 12.4. The summed E-state index contributed by atoms with van der Waals surface area (Å²) < 4.78 is 27.8. The van der Waals surface area contributed by atoms with E-state index in [2.05, 4.69) is 10.0 Å². The summed E-state index contributed by atoms with van der Waals surface area (Å²) in [4.78, 5) is 1.50. The van der Waals surface area contributed by atoms with Crippen LogP contribution in [-0.4, -0.2) is 21.0 Å². The van der Waals surface area contributed by atoms with Crippen molar-refractivity contribution in [2.45, 2.75) is 50.1 Å². The molecule has 0 amide bonds. The van der Waals surface area contributed by atoms with Crippen LogP contribution in [0.2, 0.25) is 0 Å². The number of nitrogens with one attached hydrogen (secondary N) is 2. The van der Waals surface area contributed by atoms with Crippen molar-refractivity contribution < 1.29 is 8.42 Å². The Bertz CT molecular complexity index is 567. The van der Waals surface area contributed by atoms with Crippen molar-refractivity contribution in [2.75, 3.05) is 6.54 Å². The zero-order chi connectivity index (χ0) is 14.2. The van der Waals surface area contributed by atoms with Crippen LogP contribution in [0.3, 0.4) is 0 Å². The molecule has 1 aromatic heterocycles. The van der Waals surface area contributed by atoms with Gasteiger partial charge in [0.25, 0.3) is 0 Å². The molecule has 1 aromatic rings. The molecule has 3 rings (SSSR count). The molecule has 0 aromatic carbocycles. The van der Waals surface area contributed by atoms with Gasteiger partial charge >= 0.3 is 0 Å². The lowest BCUT2D eigenvalue weighted by atomic mass is 9.96. The van der Waals surface area contributed by atoms with Crippen LogP contribution in [0, 0.1) is 11.8 Å². The molecule has 2 fully saturated rings. The third-order valence-corrected chi connectivity index (χ3v) is 7.09. The molecule has 2 saturated carbocycles. The minimum absolute atomic E-state index is 0.163. The van der Waals surface area contributed by atoms with Gasteiger partial charge in [-0.25, -0.2) is 13.1 Å². The van der Waals surface area contributed by atoms with Gasteiger partial charge in [0.2, 0.25) is 10.0 Å². The van der Waals surface area contributed by atoms with E-state index in [1.54, 1.807) is 11.4 Å². The van der Waals surface area contributed by atoms with Crippen LogP contribution < -0.4 is 10.0 Å². The molecule has 0 saturated heterocycles. The minimum atomic E-state index is -3.34. The lowest BCUT2D eigenvalue weighted by Crippen LogP contribution is -2.38. The average Bonchev–Trinajstić information content (AvgIpc) is 3.11. The zero-order valence-electron chi connectivity index (χ0n) is 11.8. The quantitative estimate of drug-likeness (QED) is 0.847. The highest BCUT2D eigenvalue weighted by Crippen LogP contribution is 2.44. The van der Waals surface area contributed by atoms with Gasteiger partial charge in [0.05, 0.1) is 4.90 Å². The number of sulfonamides is 1. The summed E-state index contributed by atoms with van der Waals surface area (Å²) in [6.45, 7) is 3.68. The largest absolute Gasteiger partial charge is 0.312 e. The molecule has 1 heterocycles. The Labute approximate surface area is 125 Å². The van der Waals surface area contributed by atoms with Gasteiger partial charge in [-0.15, -0.1) is 11.3 Å². The topological polar surface area (TPSA) is 58.2 Å². The maximum Gasteiger partial charge on any atom is 0.241 e. The van der Waals surface area contributed by atoms with Crippen LogP contribution in [0.4, 0.5) is 0 Å². The molecule has 3 unspecified atom stereocenters. The first-order chi connectivity index (χ1) is 9.58. The van der Waals surface area contributed by atoms with Gasteiger partial charge in [-0.2, -0.15) is 0 Å². The first-order valence-electron chi connectivity index (χ1n) is 7.39. The molecular weight excluding hydrogens is 292 g/mol. The van der Waals surface area contributed by atoms with Gasteiger partial charge < -0.3 is 5.32 Å². The van der Waals surface area contributed by atoms with Crippen LogP contribution in [0.15, 0.2) is 16.3 Å². The molecule has 2 aliphatic carbocycles. The Hall–Kier alpha value is -0.430. The lowest BCUT2D eigenvalue weighted by molar-refractivity contribution is 0.390. The monoisotopic (exact) mass is 314 g/mol. The summed E-state index contributed by atoms with van der Waals surface area (Å²) in [5, 5.41) is 4.97. The van der Waals surface area contributed by atoms with Gasteiger partial charge in [0.15, 0.2) is 0 Å².